The lowest BCUT2D eigenvalue weighted by Crippen LogP contribution is -2.41. The summed E-state index contributed by atoms with van der Waals surface area (Å²) in [5, 5.41) is 3.95. The molecule has 1 heterocycles. The molecule has 2 rings (SSSR count). The normalized spacial score (nSPS) is 13.7. The quantitative estimate of drug-likeness (QED) is 0.578. The zero-order chi connectivity index (χ0) is 18.3. The van der Waals surface area contributed by atoms with Gasteiger partial charge in [-0.15, -0.1) is 0 Å². The van der Waals surface area contributed by atoms with E-state index in [1.807, 2.05) is 0 Å². The van der Waals surface area contributed by atoms with E-state index < -0.39 is 20.2 Å². The first kappa shape index (κ1) is 19.5. The molecule has 0 saturated heterocycles. The van der Waals surface area contributed by atoms with Crippen molar-refractivity contribution in [2.24, 2.45) is 0 Å². The molecule has 0 N–H and O–H groups in total. The lowest BCUT2D eigenvalue weighted by Gasteiger charge is -2.36. The van der Waals surface area contributed by atoms with Gasteiger partial charge in [0.15, 0.2) is 14.0 Å². The summed E-state index contributed by atoms with van der Waals surface area (Å²) < 4.78 is 47.7. The molecule has 1 aromatic carbocycles. The van der Waals surface area contributed by atoms with Gasteiger partial charge in [-0.25, -0.2) is 0 Å². The largest absolute Gasteiger partial charge is 0.435 e. The first-order valence-corrected chi connectivity index (χ1v) is 11.4. The van der Waals surface area contributed by atoms with Gasteiger partial charge in [-0.2, -0.15) is 18.3 Å². The van der Waals surface area contributed by atoms with Gasteiger partial charge in [0.05, 0.1) is 18.7 Å². The fourth-order valence-electron chi connectivity index (χ4n) is 2.13. The van der Waals surface area contributed by atoms with Crippen LogP contribution in [0.15, 0.2) is 22.7 Å². The topological polar surface area (TPSA) is 27.1 Å². The van der Waals surface area contributed by atoms with E-state index in [1.165, 1.54) is 10.7 Å². The Bertz CT molecular complexity index is 735. The van der Waals surface area contributed by atoms with Gasteiger partial charge in [0.2, 0.25) is 0 Å². The Balaban J connectivity index is 2.28. The zero-order valence-electron chi connectivity index (χ0n) is 14.5. The average molecular weight is 423 g/mol. The van der Waals surface area contributed by atoms with Gasteiger partial charge in [0, 0.05) is 9.86 Å². The van der Waals surface area contributed by atoms with Gasteiger partial charge in [-0.3, -0.25) is 4.68 Å². The van der Waals surface area contributed by atoms with Crippen LogP contribution in [0.5, 0.6) is 0 Å². The van der Waals surface area contributed by atoms with Crippen molar-refractivity contribution < 1.29 is 17.6 Å². The first-order chi connectivity index (χ1) is 10.8. The molecule has 0 amide bonds. The van der Waals surface area contributed by atoms with Gasteiger partial charge >= 0.3 is 6.18 Å². The number of hydrogen-bond acceptors (Lipinski definition) is 2. The molecule has 8 heteroatoms. The predicted molar refractivity (Wildman–Crippen MR) is 95.6 cm³/mol. The SMILES string of the molecule is CC(C)(C)[Si](C)(C)OCCn1nc(C(F)(F)F)c2ccc(Br)cc21. The highest BCUT2D eigenvalue weighted by Crippen LogP contribution is 2.37. The summed E-state index contributed by atoms with van der Waals surface area (Å²) in [6.45, 7) is 11.2. The van der Waals surface area contributed by atoms with E-state index in [0.29, 0.717) is 12.1 Å². The van der Waals surface area contributed by atoms with Crippen LogP contribution < -0.4 is 0 Å². The van der Waals surface area contributed by atoms with Crippen molar-refractivity contribution >= 4 is 35.2 Å². The molecule has 0 saturated carbocycles. The van der Waals surface area contributed by atoms with Gasteiger partial charge in [-0.05, 0) is 36.3 Å². The summed E-state index contributed by atoms with van der Waals surface area (Å²) in [5.74, 6) is 0. The van der Waals surface area contributed by atoms with Crippen LogP contribution in [0.25, 0.3) is 10.9 Å². The number of alkyl halides is 3. The highest BCUT2D eigenvalue weighted by molar-refractivity contribution is 9.10. The number of fused-ring (bicyclic) bond motifs is 1. The van der Waals surface area contributed by atoms with Crippen molar-refractivity contribution in [1.29, 1.82) is 0 Å². The molecule has 0 spiro atoms. The molecule has 0 aliphatic carbocycles. The molecule has 0 atom stereocenters. The smallest absolute Gasteiger partial charge is 0.415 e. The van der Waals surface area contributed by atoms with Crippen molar-refractivity contribution in [3.05, 3.63) is 28.4 Å². The van der Waals surface area contributed by atoms with Crippen LogP contribution in [0, 0.1) is 0 Å². The number of benzene rings is 1. The second-order valence-corrected chi connectivity index (χ2v) is 13.1. The summed E-state index contributed by atoms with van der Waals surface area (Å²) in [6.07, 6.45) is -4.47. The summed E-state index contributed by atoms with van der Waals surface area (Å²) in [5.41, 5.74) is -0.396. The number of halogens is 4. The summed E-state index contributed by atoms with van der Waals surface area (Å²) >= 11 is 3.31. The van der Waals surface area contributed by atoms with E-state index in [1.54, 1.807) is 12.1 Å². The maximum atomic E-state index is 13.2. The van der Waals surface area contributed by atoms with Crippen LogP contribution in [0.4, 0.5) is 13.2 Å². The molecule has 3 nitrogen and oxygen atoms in total. The van der Waals surface area contributed by atoms with Gasteiger partial charge in [0.25, 0.3) is 0 Å². The van der Waals surface area contributed by atoms with E-state index in [-0.39, 0.29) is 17.0 Å². The molecule has 24 heavy (non-hydrogen) atoms. The van der Waals surface area contributed by atoms with Crippen molar-refractivity contribution in [3.8, 4) is 0 Å². The second-order valence-electron chi connectivity index (χ2n) is 7.34. The molecular formula is C16H22BrF3N2OSi. The predicted octanol–water partition coefficient (Wildman–Crippen LogP) is 5.84. The summed E-state index contributed by atoms with van der Waals surface area (Å²) in [7, 11) is -1.94. The Morgan fingerprint density at radius 3 is 2.38 bits per heavy atom. The molecule has 0 radical (unpaired) electrons. The number of rotatable bonds is 4. The average Bonchev–Trinajstić information content (AvgIpc) is 2.75. The molecule has 0 fully saturated rings. The third-order valence-corrected chi connectivity index (χ3v) is 9.59. The Labute approximate surface area is 149 Å². The molecule has 0 aliphatic heterocycles. The van der Waals surface area contributed by atoms with Crippen LogP contribution >= 0.6 is 15.9 Å². The molecule has 1 aromatic heterocycles. The lowest BCUT2D eigenvalue weighted by molar-refractivity contribution is -0.140. The van der Waals surface area contributed by atoms with Crippen molar-refractivity contribution in [2.45, 2.75) is 51.6 Å². The van der Waals surface area contributed by atoms with Gasteiger partial charge in [-0.1, -0.05) is 36.7 Å². The fraction of sp³-hybridized carbons (Fsp3) is 0.562. The highest BCUT2D eigenvalue weighted by Gasteiger charge is 2.38. The third kappa shape index (κ3) is 4.03. The molecule has 0 unspecified atom stereocenters. The van der Waals surface area contributed by atoms with E-state index in [4.69, 9.17) is 4.43 Å². The minimum atomic E-state index is -4.47. The summed E-state index contributed by atoms with van der Waals surface area (Å²) in [4.78, 5) is 0. The minimum absolute atomic E-state index is 0.0549. The molecular weight excluding hydrogens is 401 g/mol. The van der Waals surface area contributed by atoms with E-state index in [0.717, 1.165) is 4.47 Å². The Kier molecular flexibility index (Phi) is 5.24. The molecule has 0 aliphatic rings. The first-order valence-electron chi connectivity index (χ1n) is 7.70. The van der Waals surface area contributed by atoms with E-state index in [9.17, 15) is 13.2 Å². The van der Waals surface area contributed by atoms with Crippen molar-refractivity contribution in [1.82, 2.24) is 9.78 Å². The maximum absolute atomic E-state index is 13.2. The van der Waals surface area contributed by atoms with Gasteiger partial charge < -0.3 is 4.43 Å². The second kappa shape index (κ2) is 6.46. The highest BCUT2D eigenvalue weighted by atomic mass is 79.9. The third-order valence-electron chi connectivity index (χ3n) is 4.55. The molecule has 134 valence electrons. The maximum Gasteiger partial charge on any atom is 0.435 e. The van der Waals surface area contributed by atoms with Crippen LogP contribution in [0.2, 0.25) is 18.1 Å². The van der Waals surface area contributed by atoms with Crippen molar-refractivity contribution in [2.75, 3.05) is 6.61 Å². The number of aromatic nitrogens is 2. The van der Waals surface area contributed by atoms with Crippen LogP contribution in [-0.2, 0) is 17.1 Å². The number of hydrogen-bond donors (Lipinski definition) is 0. The van der Waals surface area contributed by atoms with E-state index in [2.05, 4.69) is 54.9 Å². The van der Waals surface area contributed by atoms with Crippen molar-refractivity contribution in [3.63, 3.8) is 0 Å². The standard InChI is InChI=1S/C16H22BrF3N2OSi/c1-15(2,3)24(4,5)23-9-8-22-13-10-11(17)6-7-12(13)14(21-22)16(18,19)20/h6-7,10H,8-9H2,1-5H3. The van der Waals surface area contributed by atoms with Crippen LogP contribution in [0.1, 0.15) is 26.5 Å². The Morgan fingerprint density at radius 1 is 1.21 bits per heavy atom. The van der Waals surface area contributed by atoms with Crippen LogP contribution in [-0.4, -0.2) is 24.7 Å². The Morgan fingerprint density at radius 2 is 1.83 bits per heavy atom. The Hall–Kier alpha value is -0.863. The minimum Gasteiger partial charge on any atom is -0.415 e. The number of nitrogens with zero attached hydrogens (tertiary/aromatic N) is 2. The summed E-state index contributed by atoms with van der Waals surface area (Å²) in [6, 6.07) is 4.69. The lowest BCUT2D eigenvalue weighted by atomic mass is 10.2. The van der Waals surface area contributed by atoms with Crippen LogP contribution in [0.3, 0.4) is 0 Å². The van der Waals surface area contributed by atoms with E-state index >= 15 is 0 Å². The fourth-order valence-corrected chi connectivity index (χ4v) is 3.51. The molecule has 0 bridgehead atoms. The zero-order valence-corrected chi connectivity index (χ0v) is 17.0. The molecule has 2 aromatic rings. The monoisotopic (exact) mass is 422 g/mol. The van der Waals surface area contributed by atoms with Gasteiger partial charge in [0.1, 0.15) is 0 Å².